The van der Waals surface area contributed by atoms with Gasteiger partial charge in [-0.15, -0.1) is 0 Å². The van der Waals surface area contributed by atoms with E-state index in [9.17, 15) is 14.4 Å². The number of hydrogen-bond donors (Lipinski definition) is 0. The molecule has 0 saturated heterocycles. The summed E-state index contributed by atoms with van der Waals surface area (Å²) in [7, 11) is 0. The molecule has 0 spiro atoms. The molecule has 0 aliphatic rings. The molecule has 0 aromatic carbocycles. The zero-order valence-electron chi connectivity index (χ0n) is 20.9. The fraction of sp³-hybridized carbons (Fsp3) is 0.625. The lowest BCUT2D eigenvalue weighted by atomic mass is 10.3. The van der Waals surface area contributed by atoms with Gasteiger partial charge in [0.15, 0.2) is 0 Å². The van der Waals surface area contributed by atoms with Gasteiger partial charge in [0.05, 0.1) is 19.8 Å². The van der Waals surface area contributed by atoms with Crippen LogP contribution in [0.1, 0.15) is 79.5 Å². The Hall–Kier alpha value is -2.49. The standard InChI is InChI=1S/C24H39N3O6/c1-10-19(31-13-16(4)5)25-22(28)26(20(11-2)32-14-17(6)7)24(30)27(23(25)29)21(12-3)33-15-18(8)9/h19-21H,4,6,8,10-15H2,1-3,5,7,9H3. The van der Waals surface area contributed by atoms with E-state index in [1.807, 2.05) is 0 Å². The third-order valence-corrected chi connectivity index (χ3v) is 4.71. The van der Waals surface area contributed by atoms with Gasteiger partial charge in [0.2, 0.25) is 0 Å². The Morgan fingerprint density at radius 3 is 0.970 bits per heavy atom. The summed E-state index contributed by atoms with van der Waals surface area (Å²) >= 11 is 0. The van der Waals surface area contributed by atoms with Crippen molar-refractivity contribution in [3.05, 3.63) is 67.9 Å². The van der Waals surface area contributed by atoms with Crippen molar-refractivity contribution in [3.63, 3.8) is 0 Å². The normalized spacial score (nSPS) is 14.0. The van der Waals surface area contributed by atoms with Gasteiger partial charge in [-0.25, -0.2) is 28.1 Å². The lowest BCUT2D eigenvalue weighted by molar-refractivity contribution is -0.0319. The summed E-state index contributed by atoms with van der Waals surface area (Å²) in [6, 6.07) is 0. The molecule has 1 rings (SSSR count). The molecule has 186 valence electrons. The van der Waals surface area contributed by atoms with E-state index in [0.29, 0.717) is 19.3 Å². The molecule has 9 heteroatoms. The zero-order chi connectivity index (χ0) is 25.3. The summed E-state index contributed by atoms with van der Waals surface area (Å²) in [6.07, 6.45) is -1.69. The van der Waals surface area contributed by atoms with Crippen LogP contribution >= 0.6 is 0 Å². The maximum atomic E-state index is 13.5. The zero-order valence-corrected chi connectivity index (χ0v) is 20.9. The summed E-state index contributed by atoms with van der Waals surface area (Å²) in [6.45, 7) is 22.6. The molecule has 9 nitrogen and oxygen atoms in total. The van der Waals surface area contributed by atoms with Crippen LogP contribution in [-0.4, -0.2) is 33.5 Å². The van der Waals surface area contributed by atoms with Crippen molar-refractivity contribution in [2.75, 3.05) is 19.8 Å². The highest BCUT2D eigenvalue weighted by Crippen LogP contribution is 2.15. The van der Waals surface area contributed by atoms with Crippen molar-refractivity contribution in [3.8, 4) is 0 Å². The lowest BCUT2D eigenvalue weighted by Crippen LogP contribution is -2.58. The minimum atomic E-state index is -0.892. The number of nitrogens with zero attached hydrogens (tertiary/aromatic N) is 3. The average Bonchev–Trinajstić information content (AvgIpc) is 2.74. The number of rotatable bonds is 15. The van der Waals surface area contributed by atoms with Crippen molar-refractivity contribution in [2.24, 2.45) is 0 Å². The lowest BCUT2D eigenvalue weighted by Gasteiger charge is -2.26. The Morgan fingerprint density at radius 1 is 0.606 bits per heavy atom. The van der Waals surface area contributed by atoms with E-state index in [-0.39, 0.29) is 19.8 Å². The predicted octanol–water partition coefficient (Wildman–Crippen LogP) is 3.68. The highest BCUT2D eigenvalue weighted by atomic mass is 16.5. The first kappa shape index (κ1) is 28.5. The van der Waals surface area contributed by atoms with Crippen molar-refractivity contribution in [1.29, 1.82) is 0 Å². The first-order valence-electron chi connectivity index (χ1n) is 11.3. The quantitative estimate of drug-likeness (QED) is 0.367. The second kappa shape index (κ2) is 13.3. The van der Waals surface area contributed by atoms with Crippen LogP contribution in [0.15, 0.2) is 50.8 Å². The molecule has 1 heterocycles. The maximum absolute atomic E-state index is 13.5. The Balaban J connectivity index is 3.86. The summed E-state index contributed by atoms with van der Waals surface area (Å²) in [5, 5.41) is 0. The number of ether oxygens (including phenoxy) is 3. The molecule has 0 bridgehead atoms. The largest absolute Gasteiger partial charge is 0.353 e. The second-order valence-electron chi connectivity index (χ2n) is 8.35. The van der Waals surface area contributed by atoms with E-state index in [1.54, 1.807) is 41.5 Å². The van der Waals surface area contributed by atoms with Gasteiger partial charge in [0, 0.05) is 0 Å². The first-order valence-corrected chi connectivity index (χ1v) is 11.3. The van der Waals surface area contributed by atoms with Gasteiger partial charge in [-0.2, -0.15) is 0 Å². The van der Waals surface area contributed by atoms with Crippen molar-refractivity contribution < 1.29 is 14.2 Å². The predicted molar refractivity (Wildman–Crippen MR) is 130 cm³/mol. The van der Waals surface area contributed by atoms with Crippen LogP contribution < -0.4 is 17.1 Å². The summed E-state index contributed by atoms with van der Waals surface area (Å²) in [4.78, 5) is 40.4. The Kier molecular flexibility index (Phi) is 11.5. The van der Waals surface area contributed by atoms with Gasteiger partial charge < -0.3 is 14.2 Å². The number of aromatic nitrogens is 3. The average molecular weight is 466 g/mol. The van der Waals surface area contributed by atoms with Crippen molar-refractivity contribution >= 4 is 0 Å². The molecule has 0 fully saturated rings. The van der Waals surface area contributed by atoms with E-state index in [4.69, 9.17) is 14.2 Å². The van der Waals surface area contributed by atoms with Crippen LogP contribution in [-0.2, 0) is 14.2 Å². The molecule has 3 unspecified atom stereocenters. The molecular formula is C24H39N3O6. The van der Waals surface area contributed by atoms with E-state index in [0.717, 1.165) is 30.4 Å². The minimum absolute atomic E-state index is 0.163. The van der Waals surface area contributed by atoms with Gasteiger partial charge in [-0.1, -0.05) is 57.2 Å². The van der Waals surface area contributed by atoms with Crippen molar-refractivity contribution in [1.82, 2.24) is 13.7 Å². The van der Waals surface area contributed by atoms with Gasteiger partial charge in [-0.05, 0) is 40.0 Å². The molecule has 0 aliphatic carbocycles. The maximum Gasteiger partial charge on any atom is 0.340 e. The third-order valence-electron chi connectivity index (χ3n) is 4.71. The number of hydrogen-bond acceptors (Lipinski definition) is 6. The minimum Gasteiger partial charge on any atom is -0.353 e. The fourth-order valence-electron chi connectivity index (χ4n) is 3.17. The van der Waals surface area contributed by atoms with E-state index in [1.165, 1.54) is 0 Å². The molecule has 1 aromatic heterocycles. The van der Waals surface area contributed by atoms with Crippen molar-refractivity contribution in [2.45, 2.75) is 79.5 Å². The van der Waals surface area contributed by atoms with E-state index in [2.05, 4.69) is 19.7 Å². The van der Waals surface area contributed by atoms with Crippen LogP contribution in [0.25, 0.3) is 0 Å². The van der Waals surface area contributed by atoms with Crippen LogP contribution in [0.4, 0.5) is 0 Å². The summed E-state index contributed by atoms with van der Waals surface area (Å²) in [5.74, 6) is 0. The fourth-order valence-corrected chi connectivity index (χ4v) is 3.17. The SMILES string of the molecule is C=C(C)COC(CC)n1c(=O)n(C(CC)OCC(=C)C)c(=O)n(C(CC)OCC(=C)C)c1=O. The Morgan fingerprint density at radius 2 is 0.818 bits per heavy atom. The molecule has 3 atom stereocenters. The summed E-state index contributed by atoms with van der Waals surface area (Å²) in [5.41, 5.74) is -0.165. The van der Waals surface area contributed by atoms with E-state index < -0.39 is 35.8 Å². The molecule has 33 heavy (non-hydrogen) atoms. The van der Waals surface area contributed by atoms with E-state index >= 15 is 0 Å². The van der Waals surface area contributed by atoms with Crippen LogP contribution in [0, 0.1) is 0 Å². The molecule has 0 radical (unpaired) electrons. The highest BCUT2D eigenvalue weighted by Gasteiger charge is 2.28. The van der Waals surface area contributed by atoms with Gasteiger partial charge in [0.25, 0.3) is 0 Å². The van der Waals surface area contributed by atoms with Crippen LogP contribution in [0.3, 0.4) is 0 Å². The highest BCUT2D eigenvalue weighted by molar-refractivity contribution is 4.91. The molecule has 0 N–H and O–H groups in total. The monoisotopic (exact) mass is 465 g/mol. The van der Waals surface area contributed by atoms with Gasteiger partial charge in [0.1, 0.15) is 18.7 Å². The molecule has 0 saturated carbocycles. The van der Waals surface area contributed by atoms with Gasteiger partial charge >= 0.3 is 17.1 Å². The van der Waals surface area contributed by atoms with Crippen LogP contribution in [0.5, 0.6) is 0 Å². The molecule has 1 aromatic rings. The topological polar surface area (TPSA) is 93.7 Å². The smallest absolute Gasteiger partial charge is 0.340 e. The Bertz CT molecular complexity index is 858. The third kappa shape index (κ3) is 7.52. The molecule has 0 aliphatic heterocycles. The molecular weight excluding hydrogens is 426 g/mol. The summed E-state index contributed by atoms with van der Waals surface area (Å²) < 4.78 is 20.3. The van der Waals surface area contributed by atoms with Crippen LogP contribution in [0.2, 0.25) is 0 Å². The second-order valence-corrected chi connectivity index (χ2v) is 8.35. The first-order chi connectivity index (χ1) is 15.5. The Labute approximate surface area is 195 Å². The van der Waals surface area contributed by atoms with Gasteiger partial charge in [-0.3, -0.25) is 0 Å². The molecule has 0 amide bonds.